The molecule has 0 spiro atoms. The van der Waals surface area contributed by atoms with Crippen molar-refractivity contribution in [1.29, 1.82) is 0 Å². The molecular formula is C15H22N2O3S. The number of benzene rings is 1. The van der Waals surface area contributed by atoms with Crippen LogP contribution in [0, 0.1) is 0 Å². The minimum atomic E-state index is -3.20. The highest BCUT2D eigenvalue weighted by atomic mass is 32.2. The smallest absolute Gasteiger partial charge is 0.251 e. The lowest BCUT2D eigenvalue weighted by atomic mass is 10.0. The number of amides is 1. The van der Waals surface area contributed by atoms with E-state index in [-0.39, 0.29) is 17.7 Å². The molecule has 0 aromatic heterocycles. The molecule has 1 aromatic carbocycles. The second-order valence-corrected chi connectivity index (χ2v) is 7.45. The molecule has 21 heavy (non-hydrogen) atoms. The molecule has 0 unspecified atom stereocenters. The molecule has 0 saturated carbocycles. The van der Waals surface area contributed by atoms with Crippen LogP contribution in [0.2, 0.25) is 0 Å². The first kappa shape index (κ1) is 16.0. The van der Waals surface area contributed by atoms with Crippen molar-refractivity contribution in [2.24, 2.45) is 0 Å². The Bertz CT molecular complexity index is 572. The van der Waals surface area contributed by atoms with Gasteiger partial charge in [-0.3, -0.25) is 4.79 Å². The van der Waals surface area contributed by atoms with E-state index in [0.29, 0.717) is 18.7 Å². The summed E-state index contributed by atoms with van der Waals surface area (Å²) in [7, 11) is -3.20. The molecule has 1 saturated heterocycles. The highest BCUT2D eigenvalue weighted by molar-refractivity contribution is 7.89. The number of carbonyl (C=O) groups excluding carboxylic acids is 1. The normalized spacial score (nSPS) is 20.1. The maximum absolute atomic E-state index is 12.1. The fourth-order valence-corrected chi connectivity index (χ4v) is 3.99. The lowest BCUT2D eigenvalue weighted by Gasteiger charge is -2.34. The number of hydrogen-bond acceptors (Lipinski definition) is 3. The Balaban J connectivity index is 1.99. The Hall–Kier alpha value is -1.40. The number of sulfonamides is 1. The molecular weight excluding hydrogens is 288 g/mol. The van der Waals surface area contributed by atoms with E-state index in [1.54, 1.807) is 23.4 Å². The lowest BCUT2D eigenvalue weighted by Crippen LogP contribution is -2.49. The third kappa shape index (κ3) is 4.04. The van der Waals surface area contributed by atoms with Gasteiger partial charge in [0.2, 0.25) is 10.0 Å². The molecule has 1 atom stereocenters. The van der Waals surface area contributed by atoms with Crippen molar-refractivity contribution in [3.05, 3.63) is 35.9 Å². The second-order valence-electron chi connectivity index (χ2n) is 5.24. The quantitative estimate of drug-likeness (QED) is 0.898. The fourth-order valence-electron chi connectivity index (χ4n) is 2.61. The number of nitrogens with zero attached hydrogens (tertiary/aromatic N) is 1. The monoisotopic (exact) mass is 310 g/mol. The van der Waals surface area contributed by atoms with E-state index in [0.717, 1.165) is 19.3 Å². The summed E-state index contributed by atoms with van der Waals surface area (Å²) < 4.78 is 25.7. The fraction of sp³-hybridized carbons (Fsp3) is 0.533. The van der Waals surface area contributed by atoms with Crippen LogP contribution >= 0.6 is 0 Å². The van der Waals surface area contributed by atoms with Gasteiger partial charge in [0.25, 0.3) is 5.91 Å². The molecule has 1 aliphatic rings. The molecule has 116 valence electrons. The average Bonchev–Trinajstić information content (AvgIpc) is 2.53. The predicted octanol–water partition coefficient (Wildman–Crippen LogP) is 1.62. The molecule has 1 amide bonds. The maximum atomic E-state index is 12.1. The highest BCUT2D eigenvalue weighted by Crippen LogP contribution is 2.20. The van der Waals surface area contributed by atoms with E-state index in [1.807, 2.05) is 18.2 Å². The minimum absolute atomic E-state index is 0.107. The van der Waals surface area contributed by atoms with Crippen molar-refractivity contribution in [2.75, 3.05) is 18.8 Å². The third-order valence-corrected chi connectivity index (χ3v) is 5.75. The Morgan fingerprint density at radius 3 is 2.67 bits per heavy atom. The van der Waals surface area contributed by atoms with Crippen molar-refractivity contribution in [3.8, 4) is 0 Å². The van der Waals surface area contributed by atoms with Crippen LogP contribution in [0.5, 0.6) is 0 Å². The number of piperidine rings is 1. The van der Waals surface area contributed by atoms with E-state index >= 15 is 0 Å². The largest absolute Gasteiger partial charge is 0.350 e. The van der Waals surface area contributed by atoms with Crippen LogP contribution in [0.1, 0.15) is 36.5 Å². The number of nitrogens with one attached hydrogen (secondary N) is 1. The van der Waals surface area contributed by atoms with Crippen LogP contribution in [-0.4, -0.2) is 43.5 Å². The highest BCUT2D eigenvalue weighted by Gasteiger charge is 2.31. The van der Waals surface area contributed by atoms with E-state index in [9.17, 15) is 13.2 Å². The summed E-state index contributed by atoms with van der Waals surface area (Å²) in [5, 5.41) is 2.85. The van der Waals surface area contributed by atoms with Crippen LogP contribution < -0.4 is 5.32 Å². The minimum Gasteiger partial charge on any atom is -0.350 e. The van der Waals surface area contributed by atoms with Crippen molar-refractivity contribution >= 4 is 15.9 Å². The molecule has 2 rings (SSSR count). The maximum Gasteiger partial charge on any atom is 0.251 e. The Morgan fingerprint density at radius 2 is 2.00 bits per heavy atom. The van der Waals surface area contributed by atoms with Crippen molar-refractivity contribution in [3.63, 3.8) is 0 Å². The molecule has 0 radical (unpaired) electrons. The number of rotatable bonds is 5. The Kier molecular flexibility index (Phi) is 5.36. The molecule has 1 N–H and O–H groups in total. The SMILES string of the molecule is CCS(=O)(=O)N1CCCC[C@H]1CNC(=O)c1ccccc1. The molecule has 0 aliphatic carbocycles. The third-order valence-electron chi connectivity index (χ3n) is 3.83. The van der Waals surface area contributed by atoms with Crippen LogP contribution in [0.4, 0.5) is 0 Å². The zero-order chi connectivity index (χ0) is 15.3. The summed E-state index contributed by atoms with van der Waals surface area (Å²) in [6.45, 7) is 2.58. The van der Waals surface area contributed by atoms with Gasteiger partial charge >= 0.3 is 0 Å². The summed E-state index contributed by atoms with van der Waals surface area (Å²) in [6, 6.07) is 8.84. The van der Waals surface area contributed by atoms with Gasteiger partial charge in [0.15, 0.2) is 0 Å². The van der Waals surface area contributed by atoms with Gasteiger partial charge in [-0.05, 0) is 31.9 Å². The Labute approximate surface area is 126 Å². The first-order chi connectivity index (χ1) is 10.0. The van der Waals surface area contributed by atoms with Gasteiger partial charge in [-0.15, -0.1) is 0 Å². The van der Waals surface area contributed by atoms with Gasteiger partial charge in [-0.1, -0.05) is 24.6 Å². The summed E-state index contributed by atoms with van der Waals surface area (Å²) in [6.07, 6.45) is 2.69. The molecule has 1 heterocycles. The van der Waals surface area contributed by atoms with Crippen LogP contribution in [0.3, 0.4) is 0 Å². The predicted molar refractivity (Wildman–Crippen MR) is 82.6 cm³/mol. The Morgan fingerprint density at radius 1 is 1.29 bits per heavy atom. The lowest BCUT2D eigenvalue weighted by molar-refractivity contribution is 0.0939. The van der Waals surface area contributed by atoms with Crippen LogP contribution in [-0.2, 0) is 10.0 Å². The van der Waals surface area contributed by atoms with Crippen LogP contribution in [0.25, 0.3) is 0 Å². The number of hydrogen-bond donors (Lipinski definition) is 1. The first-order valence-corrected chi connectivity index (χ1v) is 8.98. The van der Waals surface area contributed by atoms with Gasteiger partial charge < -0.3 is 5.32 Å². The standard InChI is InChI=1S/C15H22N2O3S/c1-2-21(19,20)17-11-7-6-10-14(17)12-16-15(18)13-8-4-3-5-9-13/h3-5,8-9,14H,2,6-7,10-12H2,1H3,(H,16,18)/t14-/m0/s1. The first-order valence-electron chi connectivity index (χ1n) is 7.37. The van der Waals surface area contributed by atoms with Gasteiger partial charge in [-0.25, -0.2) is 8.42 Å². The van der Waals surface area contributed by atoms with Gasteiger partial charge in [0, 0.05) is 24.7 Å². The van der Waals surface area contributed by atoms with E-state index < -0.39 is 10.0 Å². The topological polar surface area (TPSA) is 66.5 Å². The molecule has 5 nitrogen and oxygen atoms in total. The van der Waals surface area contributed by atoms with E-state index in [4.69, 9.17) is 0 Å². The van der Waals surface area contributed by atoms with E-state index in [2.05, 4.69) is 5.32 Å². The van der Waals surface area contributed by atoms with E-state index in [1.165, 1.54) is 0 Å². The van der Waals surface area contributed by atoms with Crippen molar-refractivity contribution in [1.82, 2.24) is 9.62 Å². The molecule has 1 aromatic rings. The number of carbonyl (C=O) groups is 1. The molecule has 1 fully saturated rings. The molecule has 0 bridgehead atoms. The van der Waals surface area contributed by atoms with Crippen LogP contribution in [0.15, 0.2) is 30.3 Å². The van der Waals surface area contributed by atoms with Gasteiger partial charge in [0.05, 0.1) is 5.75 Å². The second kappa shape index (κ2) is 7.04. The van der Waals surface area contributed by atoms with Gasteiger partial charge in [0.1, 0.15) is 0 Å². The van der Waals surface area contributed by atoms with Crippen molar-refractivity contribution in [2.45, 2.75) is 32.2 Å². The summed E-state index contributed by atoms with van der Waals surface area (Å²) in [4.78, 5) is 12.0. The average molecular weight is 310 g/mol. The summed E-state index contributed by atoms with van der Waals surface area (Å²) in [5.41, 5.74) is 0.596. The zero-order valence-electron chi connectivity index (χ0n) is 12.3. The van der Waals surface area contributed by atoms with Gasteiger partial charge in [-0.2, -0.15) is 4.31 Å². The molecule has 6 heteroatoms. The zero-order valence-corrected chi connectivity index (χ0v) is 13.1. The molecule has 1 aliphatic heterocycles. The summed E-state index contributed by atoms with van der Waals surface area (Å²) in [5.74, 6) is -0.0501. The summed E-state index contributed by atoms with van der Waals surface area (Å²) >= 11 is 0. The van der Waals surface area contributed by atoms with Crippen molar-refractivity contribution < 1.29 is 13.2 Å².